The summed E-state index contributed by atoms with van der Waals surface area (Å²) >= 11 is 1.50. The third kappa shape index (κ3) is 6.18. The molecule has 7 rings (SSSR count). The van der Waals surface area contributed by atoms with Crippen LogP contribution in [0, 0.1) is 11.3 Å². The molecule has 3 N–H and O–H groups in total. The van der Waals surface area contributed by atoms with Crippen molar-refractivity contribution >= 4 is 22.2 Å². The van der Waals surface area contributed by atoms with Crippen molar-refractivity contribution in [2.75, 3.05) is 32.5 Å². The third-order valence-corrected chi connectivity index (χ3v) is 10.8. The zero-order valence-electron chi connectivity index (χ0n) is 27.6. The number of aryl methyl sites for hydroxylation is 1. The highest BCUT2D eigenvalue weighted by Crippen LogP contribution is 2.47. The minimum atomic E-state index is -0.272. The summed E-state index contributed by atoms with van der Waals surface area (Å²) in [6.07, 6.45) is 9.03. The van der Waals surface area contributed by atoms with E-state index in [2.05, 4.69) is 47.4 Å². The van der Waals surface area contributed by atoms with Gasteiger partial charge in [-0.1, -0.05) is 18.5 Å². The summed E-state index contributed by atoms with van der Waals surface area (Å²) in [5, 5.41) is 22.6. The number of fused-ring (bicyclic) bond motifs is 1. The van der Waals surface area contributed by atoms with E-state index < -0.39 is 0 Å². The van der Waals surface area contributed by atoms with E-state index in [0.717, 1.165) is 73.3 Å². The molecule has 14 heteroatoms. The van der Waals surface area contributed by atoms with Gasteiger partial charge in [-0.3, -0.25) is 9.69 Å². The van der Waals surface area contributed by atoms with Crippen molar-refractivity contribution in [3.8, 4) is 29.3 Å². The van der Waals surface area contributed by atoms with Gasteiger partial charge in [-0.25, -0.2) is 9.67 Å². The largest absolute Gasteiger partial charge is 0.473 e. The van der Waals surface area contributed by atoms with Crippen molar-refractivity contribution in [1.82, 2.24) is 35.1 Å². The molecule has 252 valence electrons. The van der Waals surface area contributed by atoms with Gasteiger partial charge in [0.25, 0.3) is 5.91 Å². The summed E-state index contributed by atoms with van der Waals surface area (Å²) in [7, 11) is 2.12. The zero-order valence-corrected chi connectivity index (χ0v) is 28.4. The zero-order chi connectivity index (χ0) is 33.4. The van der Waals surface area contributed by atoms with Crippen molar-refractivity contribution in [3.05, 3.63) is 51.4 Å². The fraction of sp³-hybridized carbons (Fsp3) is 0.529. The van der Waals surface area contributed by atoms with E-state index in [-0.39, 0.29) is 35.7 Å². The molecule has 2 fully saturated rings. The number of nitriles is 1. The number of aromatic nitrogens is 5. The molecule has 0 saturated carbocycles. The van der Waals surface area contributed by atoms with Crippen LogP contribution in [-0.4, -0.2) is 80.7 Å². The van der Waals surface area contributed by atoms with Gasteiger partial charge < -0.3 is 25.0 Å². The first-order chi connectivity index (χ1) is 23.3. The first-order valence-electron chi connectivity index (χ1n) is 16.8. The van der Waals surface area contributed by atoms with E-state index in [1.54, 1.807) is 23.0 Å². The number of nitrogens with zero attached hydrogens (tertiary/aromatic N) is 7. The Morgan fingerprint density at radius 2 is 2.15 bits per heavy atom. The minimum absolute atomic E-state index is 0.0126. The summed E-state index contributed by atoms with van der Waals surface area (Å²) in [4.78, 5) is 26.1. The predicted octanol–water partition coefficient (Wildman–Crippen LogP) is 4.63. The summed E-state index contributed by atoms with van der Waals surface area (Å²) in [6.45, 7) is 6.23. The van der Waals surface area contributed by atoms with Gasteiger partial charge in [0.05, 0.1) is 24.8 Å². The quantitative estimate of drug-likeness (QED) is 0.228. The highest BCUT2D eigenvalue weighted by atomic mass is 32.1. The lowest BCUT2D eigenvalue weighted by Crippen LogP contribution is -2.48. The highest BCUT2D eigenvalue weighted by Gasteiger charge is 2.35. The molecule has 0 radical (unpaired) electrons. The van der Waals surface area contributed by atoms with Crippen LogP contribution >= 0.6 is 11.3 Å². The maximum Gasteiger partial charge on any atom is 0.272 e. The van der Waals surface area contributed by atoms with Crippen molar-refractivity contribution in [2.45, 2.75) is 89.3 Å². The average molecular weight is 672 g/mol. The first kappa shape index (κ1) is 32.2. The lowest BCUT2D eigenvalue weighted by atomic mass is 9.81. The molecule has 3 aliphatic rings. The normalized spacial score (nSPS) is 20.2. The Balaban J connectivity index is 1.29. The van der Waals surface area contributed by atoms with E-state index in [4.69, 9.17) is 29.7 Å². The second-order valence-electron chi connectivity index (χ2n) is 13.0. The SMILES string of the molecule is CCCCc1c(-c2nc(O[C@@H](C)[C@@H]3CCCN3C)cc(-n3ccc(C(=O)NC4COC4)n3)n2)noc1[C@H]1CCCc2sc(N)c(C#N)c21. The van der Waals surface area contributed by atoms with Gasteiger partial charge in [0, 0.05) is 34.7 Å². The molecule has 1 amide bonds. The summed E-state index contributed by atoms with van der Waals surface area (Å²) < 4.78 is 19.5. The lowest BCUT2D eigenvalue weighted by Gasteiger charge is -2.26. The number of hydrogen-bond acceptors (Lipinski definition) is 12. The fourth-order valence-corrected chi connectivity index (χ4v) is 8.19. The molecule has 6 heterocycles. The minimum Gasteiger partial charge on any atom is -0.473 e. The molecule has 0 unspecified atom stereocenters. The predicted molar refractivity (Wildman–Crippen MR) is 179 cm³/mol. The number of carbonyl (C=O) groups excluding carboxylic acids is 1. The number of ether oxygens (including phenoxy) is 2. The van der Waals surface area contributed by atoms with Crippen LogP contribution < -0.4 is 15.8 Å². The van der Waals surface area contributed by atoms with Crippen LogP contribution in [0.25, 0.3) is 17.3 Å². The van der Waals surface area contributed by atoms with Crippen molar-refractivity contribution in [1.29, 1.82) is 5.26 Å². The molecule has 48 heavy (non-hydrogen) atoms. The van der Waals surface area contributed by atoms with Crippen molar-refractivity contribution in [2.24, 2.45) is 0 Å². The Bertz CT molecular complexity index is 1840. The van der Waals surface area contributed by atoms with Gasteiger partial charge >= 0.3 is 0 Å². The molecule has 0 bridgehead atoms. The number of anilines is 1. The van der Waals surface area contributed by atoms with Crippen LogP contribution in [0.1, 0.15) is 96.1 Å². The fourth-order valence-electron chi connectivity index (χ4n) is 7.07. The molecule has 3 atom stereocenters. The van der Waals surface area contributed by atoms with E-state index >= 15 is 0 Å². The number of likely N-dealkylation sites (N-methyl/N-ethyl adjacent to an activating group) is 1. The van der Waals surface area contributed by atoms with Crippen LogP contribution in [0.15, 0.2) is 22.9 Å². The number of carbonyl (C=O) groups is 1. The van der Waals surface area contributed by atoms with Crippen molar-refractivity contribution < 1.29 is 18.8 Å². The Morgan fingerprint density at radius 1 is 1.29 bits per heavy atom. The highest BCUT2D eigenvalue weighted by molar-refractivity contribution is 7.16. The number of unbranched alkanes of at least 4 members (excludes halogenated alkanes) is 1. The molecule has 4 aromatic rings. The first-order valence-corrected chi connectivity index (χ1v) is 17.7. The molecule has 2 aliphatic heterocycles. The van der Waals surface area contributed by atoms with Crippen LogP contribution in [0.3, 0.4) is 0 Å². The Kier molecular flexibility index (Phi) is 9.17. The van der Waals surface area contributed by atoms with Gasteiger partial charge in [0.2, 0.25) is 5.88 Å². The Hall–Kier alpha value is -4.32. The number of rotatable bonds is 11. The number of thiophene rings is 1. The molecule has 0 aromatic carbocycles. The number of nitrogen functional groups attached to an aromatic ring is 1. The standard InChI is InChI=1S/C34H41N9O4S/c1-4-5-8-22-30(41-47-31(22)21-9-6-11-26-29(21)23(16-35)32(36)48-26)33-38-27(15-28(39-33)46-19(2)25-10-7-13-42(25)3)43-14-12-24(40-43)34(44)37-20-17-45-18-20/h12,14-15,19-21,25H,4-11,13,17-18,36H2,1-3H3,(H,37,44)/t19-,21-,25-/m0/s1. The number of hydrogen-bond donors (Lipinski definition) is 2. The maximum absolute atomic E-state index is 12.8. The summed E-state index contributed by atoms with van der Waals surface area (Å²) in [6, 6.07) is 6.00. The molecular formula is C34H41N9O4S. The van der Waals surface area contributed by atoms with Gasteiger partial charge in [0.15, 0.2) is 23.0 Å². The van der Waals surface area contributed by atoms with E-state index in [1.165, 1.54) is 11.3 Å². The van der Waals surface area contributed by atoms with Gasteiger partial charge in [0.1, 0.15) is 22.9 Å². The summed E-state index contributed by atoms with van der Waals surface area (Å²) in [5.74, 6) is 1.52. The van der Waals surface area contributed by atoms with Gasteiger partial charge in [-0.2, -0.15) is 15.3 Å². The topological polar surface area (TPSA) is 170 Å². The maximum atomic E-state index is 12.8. The van der Waals surface area contributed by atoms with E-state index in [9.17, 15) is 10.1 Å². The molecule has 0 spiro atoms. The van der Waals surface area contributed by atoms with Crippen LogP contribution in [0.5, 0.6) is 5.88 Å². The number of nitrogens with two attached hydrogens (primary N) is 1. The number of likely N-dealkylation sites (tertiary alicyclic amines) is 1. The van der Waals surface area contributed by atoms with Gasteiger partial charge in [-0.15, -0.1) is 11.3 Å². The van der Waals surface area contributed by atoms with Crippen LogP contribution in [0.4, 0.5) is 5.00 Å². The number of nitrogens with one attached hydrogen (secondary N) is 1. The second-order valence-corrected chi connectivity index (χ2v) is 14.1. The van der Waals surface area contributed by atoms with Crippen LogP contribution in [0.2, 0.25) is 0 Å². The number of amides is 1. The third-order valence-electron chi connectivity index (χ3n) is 9.68. The van der Waals surface area contributed by atoms with E-state index in [0.29, 0.717) is 53.4 Å². The summed E-state index contributed by atoms with van der Waals surface area (Å²) in [5.41, 5.74) is 9.55. The van der Waals surface area contributed by atoms with Crippen molar-refractivity contribution in [3.63, 3.8) is 0 Å². The molecule has 13 nitrogen and oxygen atoms in total. The van der Waals surface area contributed by atoms with Gasteiger partial charge in [-0.05, 0) is 77.1 Å². The smallest absolute Gasteiger partial charge is 0.272 e. The van der Waals surface area contributed by atoms with E-state index in [1.807, 2.05) is 0 Å². The monoisotopic (exact) mass is 671 g/mol. The Morgan fingerprint density at radius 3 is 2.88 bits per heavy atom. The van der Waals surface area contributed by atoms with Crippen LogP contribution in [-0.2, 0) is 17.6 Å². The molecular weight excluding hydrogens is 631 g/mol. The molecule has 1 aliphatic carbocycles. The average Bonchev–Trinajstić information content (AvgIpc) is 3.86. The Labute approximate surface area is 283 Å². The molecule has 4 aromatic heterocycles. The lowest BCUT2D eigenvalue weighted by molar-refractivity contribution is -0.00355. The second kappa shape index (κ2) is 13.7. The molecule has 2 saturated heterocycles.